The summed E-state index contributed by atoms with van der Waals surface area (Å²) in [5.74, 6) is 0. The third kappa shape index (κ3) is 2.83. The molecule has 1 fully saturated rings. The number of hydrogen-bond donors (Lipinski definition) is 0. The number of ether oxygens (including phenoxy) is 2. The lowest BCUT2D eigenvalue weighted by Crippen LogP contribution is -2.41. The summed E-state index contributed by atoms with van der Waals surface area (Å²) in [6.07, 6.45) is -0.763. The molecule has 5 heteroatoms. The van der Waals surface area contributed by atoms with Crippen LogP contribution in [0.25, 0.3) is 0 Å². The predicted molar refractivity (Wildman–Crippen MR) is 52.9 cm³/mol. The zero-order valence-electron chi connectivity index (χ0n) is 9.48. The van der Waals surface area contributed by atoms with Gasteiger partial charge in [0.25, 0.3) is 0 Å². The van der Waals surface area contributed by atoms with Crippen LogP contribution in [-0.4, -0.2) is 35.5 Å². The first-order valence-electron chi connectivity index (χ1n) is 4.86. The molecule has 0 aliphatic carbocycles. The van der Waals surface area contributed by atoms with Crippen molar-refractivity contribution in [2.24, 2.45) is 0 Å². The van der Waals surface area contributed by atoms with Crippen molar-refractivity contribution in [2.75, 3.05) is 6.73 Å². The summed E-state index contributed by atoms with van der Waals surface area (Å²) >= 11 is 0. The SMILES string of the molecule is C[C@H]1OCN(C(=O)OC(C)(C)C)[C@@H]1C#N. The Labute approximate surface area is 89.6 Å². The van der Waals surface area contributed by atoms with E-state index in [0.717, 1.165) is 0 Å². The molecule has 0 radical (unpaired) electrons. The van der Waals surface area contributed by atoms with Crippen molar-refractivity contribution in [3.63, 3.8) is 0 Å². The molecule has 1 heterocycles. The van der Waals surface area contributed by atoms with E-state index < -0.39 is 17.7 Å². The van der Waals surface area contributed by atoms with Crippen molar-refractivity contribution < 1.29 is 14.3 Å². The summed E-state index contributed by atoms with van der Waals surface area (Å²) in [6, 6.07) is 1.47. The van der Waals surface area contributed by atoms with E-state index in [4.69, 9.17) is 14.7 Å². The lowest BCUT2D eigenvalue weighted by molar-refractivity contribution is 0.0173. The van der Waals surface area contributed by atoms with E-state index in [1.165, 1.54) is 4.90 Å². The van der Waals surface area contributed by atoms with Gasteiger partial charge in [-0.3, -0.25) is 4.90 Å². The number of rotatable bonds is 0. The molecule has 0 aromatic carbocycles. The average Bonchev–Trinajstić information content (AvgIpc) is 2.43. The molecule has 2 atom stereocenters. The summed E-state index contributed by atoms with van der Waals surface area (Å²) in [5, 5.41) is 8.87. The molecule has 0 spiro atoms. The van der Waals surface area contributed by atoms with Gasteiger partial charge >= 0.3 is 6.09 Å². The fraction of sp³-hybridized carbons (Fsp3) is 0.800. The zero-order valence-corrected chi connectivity index (χ0v) is 9.48. The first kappa shape index (κ1) is 11.8. The van der Waals surface area contributed by atoms with E-state index in [9.17, 15) is 4.79 Å². The Hall–Kier alpha value is -1.28. The fourth-order valence-electron chi connectivity index (χ4n) is 1.28. The highest BCUT2D eigenvalue weighted by Crippen LogP contribution is 2.19. The summed E-state index contributed by atoms with van der Waals surface area (Å²) in [5.41, 5.74) is -0.553. The van der Waals surface area contributed by atoms with Gasteiger partial charge in [0.2, 0.25) is 0 Å². The summed E-state index contributed by atoms with van der Waals surface area (Å²) in [7, 11) is 0. The summed E-state index contributed by atoms with van der Waals surface area (Å²) < 4.78 is 10.4. The normalized spacial score (nSPS) is 26.2. The van der Waals surface area contributed by atoms with E-state index >= 15 is 0 Å². The number of nitriles is 1. The van der Waals surface area contributed by atoms with Crippen molar-refractivity contribution in [1.82, 2.24) is 4.90 Å². The Bertz CT molecular complexity index is 290. The summed E-state index contributed by atoms with van der Waals surface area (Å²) in [6.45, 7) is 7.23. The fourth-order valence-corrected chi connectivity index (χ4v) is 1.28. The molecule has 1 aliphatic rings. The maximum Gasteiger partial charge on any atom is 0.413 e. The third-order valence-corrected chi connectivity index (χ3v) is 2.02. The van der Waals surface area contributed by atoms with Gasteiger partial charge in [0.05, 0.1) is 12.2 Å². The smallest absolute Gasteiger partial charge is 0.413 e. The van der Waals surface area contributed by atoms with Crippen LogP contribution in [0.3, 0.4) is 0 Å². The van der Waals surface area contributed by atoms with Gasteiger partial charge in [0.1, 0.15) is 12.3 Å². The topological polar surface area (TPSA) is 62.6 Å². The standard InChI is InChI=1S/C10H16N2O3/c1-7-8(5-11)12(6-14-7)9(13)15-10(2,3)4/h7-8H,6H2,1-4H3/t7-,8-/m1/s1. The van der Waals surface area contributed by atoms with Crippen molar-refractivity contribution in [1.29, 1.82) is 5.26 Å². The zero-order chi connectivity index (χ0) is 11.6. The van der Waals surface area contributed by atoms with E-state index in [0.29, 0.717) is 0 Å². The number of carbonyl (C=O) groups excluding carboxylic acids is 1. The number of carbonyl (C=O) groups is 1. The minimum atomic E-state index is -0.556. The van der Waals surface area contributed by atoms with Gasteiger partial charge in [-0.2, -0.15) is 5.26 Å². The van der Waals surface area contributed by atoms with Crippen LogP contribution in [0.5, 0.6) is 0 Å². The Morgan fingerprint density at radius 1 is 1.60 bits per heavy atom. The average molecular weight is 212 g/mol. The Kier molecular flexibility index (Phi) is 3.20. The Balaban J connectivity index is 2.65. The van der Waals surface area contributed by atoms with Gasteiger partial charge in [-0.15, -0.1) is 0 Å². The molecule has 0 bridgehead atoms. The second kappa shape index (κ2) is 4.07. The molecule has 84 valence electrons. The Morgan fingerprint density at radius 2 is 2.20 bits per heavy atom. The molecular formula is C10H16N2O3. The minimum absolute atomic E-state index is 0.119. The maximum atomic E-state index is 11.6. The second-order valence-electron chi connectivity index (χ2n) is 4.52. The molecule has 0 saturated carbocycles. The number of hydrogen-bond acceptors (Lipinski definition) is 4. The molecule has 0 N–H and O–H groups in total. The molecule has 5 nitrogen and oxygen atoms in total. The molecule has 0 aromatic rings. The Morgan fingerprint density at radius 3 is 2.67 bits per heavy atom. The monoisotopic (exact) mass is 212 g/mol. The van der Waals surface area contributed by atoms with E-state index in [-0.39, 0.29) is 12.8 Å². The van der Waals surface area contributed by atoms with E-state index in [1.807, 2.05) is 6.07 Å². The second-order valence-corrected chi connectivity index (χ2v) is 4.52. The minimum Gasteiger partial charge on any atom is -0.444 e. The van der Waals surface area contributed by atoms with Crippen LogP contribution in [0.2, 0.25) is 0 Å². The van der Waals surface area contributed by atoms with E-state index in [2.05, 4.69) is 0 Å². The van der Waals surface area contributed by atoms with Gasteiger partial charge < -0.3 is 9.47 Å². The van der Waals surface area contributed by atoms with Gasteiger partial charge in [-0.25, -0.2) is 4.79 Å². The van der Waals surface area contributed by atoms with Gasteiger partial charge in [-0.1, -0.05) is 0 Å². The third-order valence-electron chi connectivity index (χ3n) is 2.02. The van der Waals surface area contributed by atoms with Gasteiger partial charge in [0.15, 0.2) is 6.04 Å². The molecule has 1 amide bonds. The molecule has 1 rings (SSSR count). The van der Waals surface area contributed by atoms with E-state index in [1.54, 1.807) is 27.7 Å². The summed E-state index contributed by atoms with van der Waals surface area (Å²) in [4.78, 5) is 12.9. The molecule has 0 unspecified atom stereocenters. The number of amides is 1. The molecule has 1 saturated heterocycles. The quantitative estimate of drug-likeness (QED) is 0.610. The van der Waals surface area contributed by atoms with Crippen LogP contribution in [0.4, 0.5) is 4.79 Å². The van der Waals surface area contributed by atoms with Crippen molar-refractivity contribution in [3.05, 3.63) is 0 Å². The van der Waals surface area contributed by atoms with Crippen LogP contribution in [0.1, 0.15) is 27.7 Å². The van der Waals surface area contributed by atoms with Crippen LogP contribution >= 0.6 is 0 Å². The van der Waals surface area contributed by atoms with Gasteiger partial charge in [0, 0.05) is 0 Å². The first-order valence-corrected chi connectivity index (χ1v) is 4.86. The highest BCUT2D eigenvalue weighted by atomic mass is 16.6. The lowest BCUT2D eigenvalue weighted by atomic mass is 10.2. The van der Waals surface area contributed by atoms with Crippen molar-refractivity contribution in [3.8, 4) is 6.07 Å². The number of nitrogens with zero attached hydrogens (tertiary/aromatic N) is 2. The van der Waals surface area contributed by atoms with Crippen molar-refractivity contribution in [2.45, 2.75) is 45.4 Å². The van der Waals surface area contributed by atoms with Crippen LogP contribution in [0, 0.1) is 11.3 Å². The lowest BCUT2D eigenvalue weighted by Gasteiger charge is -2.25. The van der Waals surface area contributed by atoms with Crippen LogP contribution in [-0.2, 0) is 9.47 Å². The van der Waals surface area contributed by atoms with Gasteiger partial charge in [-0.05, 0) is 27.7 Å². The molecular weight excluding hydrogens is 196 g/mol. The van der Waals surface area contributed by atoms with Crippen LogP contribution in [0.15, 0.2) is 0 Å². The molecule has 15 heavy (non-hydrogen) atoms. The predicted octanol–water partition coefficient (Wildman–Crippen LogP) is 1.49. The highest BCUT2D eigenvalue weighted by molar-refractivity contribution is 5.69. The van der Waals surface area contributed by atoms with Crippen LogP contribution < -0.4 is 0 Å². The highest BCUT2D eigenvalue weighted by Gasteiger charge is 2.37. The molecule has 1 aliphatic heterocycles. The maximum absolute atomic E-state index is 11.6. The van der Waals surface area contributed by atoms with Crippen molar-refractivity contribution >= 4 is 6.09 Å². The largest absolute Gasteiger partial charge is 0.444 e. The first-order chi connectivity index (χ1) is 6.85. The molecule has 0 aromatic heterocycles.